The fourth-order valence-electron chi connectivity index (χ4n) is 2.83. The fourth-order valence-corrected chi connectivity index (χ4v) is 3.53. The lowest BCUT2D eigenvalue weighted by atomic mass is 10.2. The molecule has 0 atom stereocenters. The lowest BCUT2D eigenvalue weighted by molar-refractivity contribution is -0.116. The van der Waals surface area contributed by atoms with Crippen molar-refractivity contribution >= 4 is 40.6 Å². The lowest BCUT2D eigenvalue weighted by Crippen LogP contribution is -2.25. The van der Waals surface area contributed by atoms with Crippen molar-refractivity contribution in [2.75, 3.05) is 11.9 Å². The number of amides is 1. The summed E-state index contributed by atoms with van der Waals surface area (Å²) in [5, 5.41) is 12.7. The van der Waals surface area contributed by atoms with Crippen molar-refractivity contribution in [3.05, 3.63) is 48.2 Å². The summed E-state index contributed by atoms with van der Waals surface area (Å²) in [6.45, 7) is 9.36. The van der Waals surface area contributed by atoms with Gasteiger partial charge in [-0.25, -0.2) is 14.6 Å². The van der Waals surface area contributed by atoms with Crippen molar-refractivity contribution in [1.29, 1.82) is 0 Å². The van der Waals surface area contributed by atoms with E-state index >= 15 is 0 Å². The van der Waals surface area contributed by atoms with E-state index < -0.39 is 0 Å². The third-order valence-corrected chi connectivity index (χ3v) is 4.96. The molecule has 2 heterocycles. The molecule has 0 aliphatic heterocycles. The van der Waals surface area contributed by atoms with Gasteiger partial charge in [-0.3, -0.25) is 4.79 Å². The van der Waals surface area contributed by atoms with Crippen LogP contribution in [0.1, 0.15) is 33.3 Å². The number of aromatic nitrogens is 4. The van der Waals surface area contributed by atoms with Gasteiger partial charge in [0, 0.05) is 23.9 Å². The van der Waals surface area contributed by atoms with Gasteiger partial charge in [-0.15, -0.1) is 0 Å². The third kappa shape index (κ3) is 6.06. The van der Waals surface area contributed by atoms with Crippen LogP contribution in [-0.4, -0.2) is 43.5 Å². The third-order valence-electron chi connectivity index (χ3n) is 4.09. The van der Waals surface area contributed by atoms with E-state index in [1.165, 1.54) is 0 Å². The van der Waals surface area contributed by atoms with Crippen molar-refractivity contribution in [3.8, 4) is 0 Å². The molecule has 7 nitrogen and oxygen atoms in total. The molecule has 0 spiro atoms. The number of anilines is 1. The van der Waals surface area contributed by atoms with E-state index in [1.54, 1.807) is 30.1 Å². The maximum atomic E-state index is 12.1. The standard InChI is InChI=1S/C22H28N6OS/c1-15(2)25-20-18-14-24-28(21(18)27-22(26-20)30-16(3)4)13-12-23-19(29)11-10-17-8-6-5-7-9-17/h5-11,14-16H,12-13H2,1-4H3,(H,23,29)(H,25,26,27)/b11-10-. The number of benzene rings is 1. The van der Waals surface area contributed by atoms with Gasteiger partial charge in [0.05, 0.1) is 18.1 Å². The molecule has 0 saturated carbocycles. The van der Waals surface area contributed by atoms with Gasteiger partial charge >= 0.3 is 0 Å². The fraction of sp³-hybridized carbons (Fsp3) is 0.364. The summed E-state index contributed by atoms with van der Waals surface area (Å²) in [5.41, 5.74) is 1.76. The number of thioether (sulfide) groups is 1. The minimum absolute atomic E-state index is 0.136. The maximum absolute atomic E-state index is 12.1. The van der Waals surface area contributed by atoms with Crippen molar-refractivity contribution in [3.63, 3.8) is 0 Å². The Morgan fingerprint density at radius 2 is 1.93 bits per heavy atom. The Labute approximate surface area is 181 Å². The highest BCUT2D eigenvalue weighted by Gasteiger charge is 2.15. The molecular weight excluding hydrogens is 396 g/mol. The number of hydrogen-bond donors (Lipinski definition) is 2. The molecule has 2 aromatic heterocycles. The molecule has 0 unspecified atom stereocenters. The smallest absolute Gasteiger partial charge is 0.244 e. The normalized spacial score (nSPS) is 11.7. The molecule has 30 heavy (non-hydrogen) atoms. The highest BCUT2D eigenvalue weighted by atomic mass is 32.2. The summed E-state index contributed by atoms with van der Waals surface area (Å²) >= 11 is 1.62. The molecule has 3 rings (SSSR count). The first kappa shape index (κ1) is 21.8. The summed E-state index contributed by atoms with van der Waals surface area (Å²) in [7, 11) is 0. The number of nitrogens with zero attached hydrogens (tertiary/aromatic N) is 4. The number of nitrogens with one attached hydrogen (secondary N) is 2. The monoisotopic (exact) mass is 424 g/mol. The van der Waals surface area contributed by atoms with Crippen LogP contribution in [0.5, 0.6) is 0 Å². The molecule has 0 aliphatic rings. The minimum Gasteiger partial charge on any atom is -0.367 e. The lowest BCUT2D eigenvalue weighted by Gasteiger charge is -2.12. The van der Waals surface area contributed by atoms with Crippen molar-refractivity contribution in [2.24, 2.45) is 0 Å². The molecule has 1 aromatic carbocycles. The Morgan fingerprint density at radius 1 is 1.17 bits per heavy atom. The number of fused-ring (bicyclic) bond motifs is 1. The molecule has 0 radical (unpaired) electrons. The van der Waals surface area contributed by atoms with Gasteiger partial charge in [-0.05, 0) is 25.5 Å². The second kappa shape index (κ2) is 10.2. The predicted octanol–water partition coefficient (Wildman–Crippen LogP) is 3.98. The summed E-state index contributed by atoms with van der Waals surface area (Å²) < 4.78 is 1.81. The molecule has 2 N–H and O–H groups in total. The van der Waals surface area contributed by atoms with Gasteiger partial charge < -0.3 is 10.6 Å². The number of carbonyl (C=O) groups excluding carboxylic acids is 1. The molecule has 1 amide bonds. The van der Waals surface area contributed by atoms with E-state index in [-0.39, 0.29) is 11.9 Å². The van der Waals surface area contributed by atoms with Crippen molar-refractivity contribution in [1.82, 2.24) is 25.1 Å². The quantitative estimate of drug-likeness (QED) is 0.307. The Balaban J connectivity index is 1.69. The largest absolute Gasteiger partial charge is 0.367 e. The zero-order chi connectivity index (χ0) is 21.5. The van der Waals surface area contributed by atoms with Crippen LogP contribution < -0.4 is 10.6 Å². The van der Waals surface area contributed by atoms with Crippen LogP contribution in [0.25, 0.3) is 17.1 Å². The first-order chi connectivity index (χ1) is 14.4. The molecule has 0 saturated heterocycles. The first-order valence-corrected chi connectivity index (χ1v) is 11.0. The van der Waals surface area contributed by atoms with Gasteiger partial charge in [0.15, 0.2) is 10.8 Å². The Kier molecular flexibility index (Phi) is 7.46. The van der Waals surface area contributed by atoms with Gasteiger partial charge in [0.25, 0.3) is 0 Å². The van der Waals surface area contributed by atoms with Crippen LogP contribution in [0.4, 0.5) is 5.82 Å². The highest BCUT2D eigenvalue weighted by Crippen LogP contribution is 2.26. The molecular formula is C22H28N6OS. The Hall–Kier alpha value is -2.87. The summed E-state index contributed by atoms with van der Waals surface area (Å²) in [4.78, 5) is 21.5. The molecule has 8 heteroatoms. The molecule has 3 aromatic rings. The molecule has 158 valence electrons. The highest BCUT2D eigenvalue weighted by molar-refractivity contribution is 7.99. The summed E-state index contributed by atoms with van der Waals surface area (Å²) in [6, 6.07) is 9.98. The zero-order valence-electron chi connectivity index (χ0n) is 17.8. The number of rotatable bonds is 9. The van der Waals surface area contributed by atoms with Gasteiger partial charge in [-0.2, -0.15) is 5.10 Å². The molecule has 0 bridgehead atoms. The van der Waals surface area contributed by atoms with Crippen LogP contribution in [0.2, 0.25) is 0 Å². The van der Waals surface area contributed by atoms with Crippen LogP contribution in [0.15, 0.2) is 47.8 Å². The number of hydrogen-bond acceptors (Lipinski definition) is 6. The van der Waals surface area contributed by atoms with E-state index in [4.69, 9.17) is 4.98 Å². The average molecular weight is 425 g/mol. The maximum Gasteiger partial charge on any atom is 0.244 e. The second-order valence-corrected chi connectivity index (χ2v) is 9.00. The van der Waals surface area contributed by atoms with Crippen molar-refractivity contribution < 1.29 is 4.79 Å². The van der Waals surface area contributed by atoms with Crippen molar-refractivity contribution in [2.45, 2.75) is 50.7 Å². The topological polar surface area (TPSA) is 84.7 Å². The van der Waals surface area contributed by atoms with Crippen LogP contribution >= 0.6 is 11.8 Å². The van der Waals surface area contributed by atoms with Crippen LogP contribution in [0.3, 0.4) is 0 Å². The SMILES string of the molecule is CC(C)Nc1nc(SC(C)C)nc2c1cnn2CCNC(=O)/C=C\c1ccccc1. The predicted molar refractivity (Wildman–Crippen MR) is 124 cm³/mol. The van der Waals surface area contributed by atoms with E-state index in [2.05, 4.69) is 48.4 Å². The Bertz CT molecular complexity index is 1010. The van der Waals surface area contributed by atoms with E-state index in [1.807, 2.05) is 35.0 Å². The van der Waals surface area contributed by atoms with Crippen LogP contribution in [-0.2, 0) is 11.3 Å². The van der Waals surface area contributed by atoms with E-state index in [0.29, 0.717) is 18.3 Å². The average Bonchev–Trinajstić information content (AvgIpc) is 3.09. The van der Waals surface area contributed by atoms with Gasteiger partial charge in [0.2, 0.25) is 5.91 Å². The minimum atomic E-state index is -0.136. The molecule has 0 fully saturated rings. The zero-order valence-corrected chi connectivity index (χ0v) is 18.6. The van der Waals surface area contributed by atoms with Crippen LogP contribution in [0, 0.1) is 0 Å². The van der Waals surface area contributed by atoms with Gasteiger partial charge in [-0.1, -0.05) is 55.9 Å². The second-order valence-electron chi connectivity index (χ2n) is 7.46. The first-order valence-electron chi connectivity index (χ1n) is 10.1. The summed E-state index contributed by atoms with van der Waals surface area (Å²) in [6.07, 6.45) is 5.12. The van der Waals surface area contributed by atoms with E-state index in [0.717, 1.165) is 27.6 Å². The van der Waals surface area contributed by atoms with Gasteiger partial charge in [0.1, 0.15) is 5.82 Å². The Morgan fingerprint density at radius 3 is 2.63 bits per heavy atom. The summed E-state index contributed by atoms with van der Waals surface area (Å²) in [5.74, 6) is 0.655. The number of carbonyl (C=O) groups is 1. The molecule has 0 aliphatic carbocycles. The van der Waals surface area contributed by atoms with E-state index in [9.17, 15) is 4.79 Å².